The van der Waals surface area contributed by atoms with Crippen molar-refractivity contribution in [2.75, 3.05) is 11.9 Å². The predicted molar refractivity (Wildman–Crippen MR) is 87.9 cm³/mol. The van der Waals surface area contributed by atoms with Crippen molar-refractivity contribution in [3.8, 4) is 5.75 Å². The summed E-state index contributed by atoms with van der Waals surface area (Å²) in [4.78, 5) is 22.2. The van der Waals surface area contributed by atoms with Gasteiger partial charge in [0.05, 0.1) is 4.92 Å². The Morgan fingerprint density at radius 2 is 1.83 bits per heavy atom. The van der Waals surface area contributed by atoms with Crippen molar-refractivity contribution >= 4 is 17.3 Å². The third kappa shape index (κ3) is 4.29. The van der Waals surface area contributed by atoms with Crippen LogP contribution in [-0.4, -0.2) is 17.4 Å². The number of anilines is 1. The van der Waals surface area contributed by atoms with Crippen LogP contribution in [-0.2, 0) is 4.79 Å². The number of nitrogens with zero attached hydrogens (tertiary/aromatic N) is 1. The topological polar surface area (TPSA) is 81.5 Å². The fraction of sp³-hybridized carbons (Fsp3) is 0.235. The van der Waals surface area contributed by atoms with Gasteiger partial charge in [-0.05, 0) is 56.2 Å². The van der Waals surface area contributed by atoms with Gasteiger partial charge in [-0.1, -0.05) is 6.07 Å². The largest absolute Gasteiger partial charge is 0.484 e. The van der Waals surface area contributed by atoms with Crippen molar-refractivity contribution in [2.45, 2.75) is 20.8 Å². The smallest absolute Gasteiger partial charge is 0.272 e. The second-order valence-corrected chi connectivity index (χ2v) is 5.34. The number of benzene rings is 2. The quantitative estimate of drug-likeness (QED) is 0.676. The van der Waals surface area contributed by atoms with Crippen LogP contribution in [0.15, 0.2) is 36.4 Å². The molecule has 2 rings (SSSR count). The summed E-state index contributed by atoms with van der Waals surface area (Å²) in [5, 5.41) is 13.5. The highest BCUT2D eigenvalue weighted by Gasteiger charge is 2.11. The van der Waals surface area contributed by atoms with Crippen molar-refractivity contribution < 1.29 is 14.5 Å². The molecule has 0 bridgehead atoms. The van der Waals surface area contributed by atoms with E-state index in [2.05, 4.69) is 5.32 Å². The summed E-state index contributed by atoms with van der Waals surface area (Å²) in [5.74, 6) is 0.132. The van der Waals surface area contributed by atoms with Gasteiger partial charge < -0.3 is 10.1 Å². The summed E-state index contributed by atoms with van der Waals surface area (Å²) in [5.41, 5.74) is 3.47. The second kappa shape index (κ2) is 6.91. The molecule has 0 saturated carbocycles. The molecule has 0 unspecified atom stereocenters. The van der Waals surface area contributed by atoms with Crippen LogP contribution in [0, 0.1) is 30.9 Å². The van der Waals surface area contributed by atoms with Crippen LogP contribution < -0.4 is 10.1 Å². The van der Waals surface area contributed by atoms with E-state index in [-0.39, 0.29) is 18.2 Å². The Bertz CT molecular complexity index is 756. The third-order valence-electron chi connectivity index (χ3n) is 3.53. The molecule has 0 radical (unpaired) electrons. The van der Waals surface area contributed by atoms with Gasteiger partial charge in [0.15, 0.2) is 6.61 Å². The maximum atomic E-state index is 11.9. The van der Waals surface area contributed by atoms with Gasteiger partial charge in [0.25, 0.3) is 11.6 Å². The number of nitro benzene ring substituents is 1. The van der Waals surface area contributed by atoms with Crippen molar-refractivity contribution in [1.82, 2.24) is 0 Å². The van der Waals surface area contributed by atoms with Gasteiger partial charge in [-0.3, -0.25) is 14.9 Å². The molecule has 0 aliphatic carbocycles. The lowest BCUT2D eigenvalue weighted by molar-refractivity contribution is -0.385. The highest BCUT2D eigenvalue weighted by molar-refractivity contribution is 5.92. The number of carbonyl (C=O) groups is 1. The fourth-order valence-electron chi connectivity index (χ4n) is 2.09. The van der Waals surface area contributed by atoms with Gasteiger partial charge in [-0.25, -0.2) is 0 Å². The summed E-state index contributed by atoms with van der Waals surface area (Å²) < 4.78 is 5.37. The lowest BCUT2D eigenvalue weighted by Gasteiger charge is -2.09. The van der Waals surface area contributed by atoms with Crippen LogP contribution in [0.4, 0.5) is 11.4 Å². The molecule has 0 aromatic heterocycles. The van der Waals surface area contributed by atoms with Gasteiger partial charge in [0.2, 0.25) is 0 Å². The highest BCUT2D eigenvalue weighted by Crippen LogP contribution is 2.23. The summed E-state index contributed by atoms with van der Waals surface area (Å²) in [6, 6.07) is 10.0. The van der Waals surface area contributed by atoms with E-state index in [0.717, 1.165) is 11.1 Å². The number of aryl methyl sites for hydroxylation is 3. The number of nitro groups is 1. The first-order valence-corrected chi connectivity index (χ1v) is 7.12. The van der Waals surface area contributed by atoms with E-state index in [1.807, 2.05) is 32.0 Å². The zero-order valence-electron chi connectivity index (χ0n) is 13.3. The second-order valence-electron chi connectivity index (χ2n) is 5.34. The fourth-order valence-corrected chi connectivity index (χ4v) is 2.09. The van der Waals surface area contributed by atoms with Crippen LogP contribution in [0.5, 0.6) is 5.75 Å². The molecule has 2 aromatic carbocycles. The van der Waals surface area contributed by atoms with E-state index >= 15 is 0 Å². The van der Waals surface area contributed by atoms with Gasteiger partial charge in [-0.2, -0.15) is 0 Å². The molecule has 2 aromatic rings. The van der Waals surface area contributed by atoms with Crippen molar-refractivity contribution in [3.05, 3.63) is 63.2 Å². The number of amides is 1. The average Bonchev–Trinajstić information content (AvgIpc) is 2.48. The molecule has 0 fully saturated rings. The van der Waals surface area contributed by atoms with Crippen LogP contribution in [0.3, 0.4) is 0 Å². The number of hydrogen-bond donors (Lipinski definition) is 1. The van der Waals surface area contributed by atoms with Gasteiger partial charge >= 0.3 is 0 Å². The molecular formula is C17H18N2O4. The molecular weight excluding hydrogens is 296 g/mol. The molecule has 0 spiro atoms. The Kier molecular flexibility index (Phi) is 4.95. The summed E-state index contributed by atoms with van der Waals surface area (Å²) in [7, 11) is 0. The standard InChI is InChI=1S/C17H18N2O4/c1-11-4-5-14(8-12(11)2)18-17(20)10-23-15-6-7-16(19(21)22)13(3)9-15/h4-9H,10H2,1-3H3,(H,18,20). The molecule has 0 aliphatic heterocycles. The zero-order chi connectivity index (χ0) is 17.0. The van der Waals surface area contributed by atoms with E-state index in [1.165, 1.54) is 12.1 Å². The van der Waals surface area contributed by atoms with Crippen molar-refractivity contribution in [2.24, 2.45) is 0 Å². The molecule has 1 N–H and O–H groups in total. The monoisotopic (exact) mass is 314 g/mol. The number of hydrogen-bond acceptors (Lipinski definition) is 4. The Hall–Kier alpha value is -2.89. The van der Waals surface area contributed by atoms with Crippen LogP contribution in [0.1, 0.15) is 16.7 Å². The van der Waals surface area contributed by atoms with Gasteiger partial charge in [0, 0.05) is 17.3 Å². The average molecular weight is 314 g/mol. The Labute approximate surface area is 134 Å². The highest BCUT2D eigenvalue weighted by atomic mass is 16.6. The Balaban J connectivity index is 1.95. The molecule has 0 heterocycles. The molecule has 0 atom stereocenters. The first kappa shape index (κ1) is 16.5. The number of rotatable bonds is 5. The van der Waals surface area contributed by atoms with Gasteiger partial charge in [-0.15, -0.1) is 0 Å². The number of ether oxygens (including phenoxy) is 1. The minimum atomic E-state index is -0.453. The maximum absolute atomic E-state index is 11.9. The molecule has 0 aliphatic rings. The van der Waals surface area contributed by atoms with E-state index in [4.69, 9.17) is 4.74 Å². The minimum Gasteiger partial charge on any atom is -0.484 e. The molecule has 1 amide bonds. The Morgan fingerprint density at radius 1 is 1.09 bits per heavy atom. The molecule has 0 saturated heterocycles. The molecule has 23 heavy (non-hydrogen) atoms. The normalized spacial score (nSPS) is 10.2. The summed E-state index contributed by atoms with van der Waals surface area (Å²) in [6.45, 7) is 5.44. The lowest BCUT2D eigenvalue weighted by Crippen LogP contribution is -2.20. The first-order chi connectivity index (χ1) is 10.9. The number of carbonyl (C=O) groups excluding carboxylic acids is 1. The Morgan fingerprint density at radius 3 is 2.43 bits per heavy atom. The lowest BCUT2D eigenvalue weighted by atomic mass is 10.1. The summed E-state index contributed by atoms with van der Waals surface area (Å²) in [6.07, 6.45) is 0. The number of nitrogens with one attached hydrogen (secondary N) is 1. The van der Waals surface area contributed by atoms with E-state index in [1.54, 1.807) is 13.0 Å². The molecule has 120 valence electrons. The zero-order valence-corrected chi connectivity index (χ0v) is 13.3. The molecule has 6 nitrogen and oxygen atoms in total. The van der Waals surface area contributed by atoms with Crippen molar-refractivity contribution in [3.63, 3.8) is 0 Å². The molecule has 6 heteroatoms. The minimum absolute atomic E-state index is 0.0249. The van der Waals surface area contributed by atoms with E-state index < -0.39 is 4.92 Å². The van der Waals surface area contributed by atoms with Crippen molar-refractivity contribution in [1.29, 1.82) is 0 Å². The maximum Gasteiger partial charge on any atom is 0.272 e. The van der Waals surface area contributed by atoms with Crippen LogP contribution >= 0.6 is 0 Å². The van der Waals surface area contributed by atoms with Crippen LogP contribution in [0.25, 0.3) is 0 Å². The van der Waals surface area contributed by atoms with E-state index in [0.29, 0.717) is 17.0 Å². The summed E-state index contributed by atoms with van der Waals surface area (Å²) >= 11 is 0. The predicted octanol–water partition coefficient (Wildman–Crippen LogP) is 3.54. The van der Waals surface area contributed by atoms with Gasteiger partial charge in [0.1, 0.15) is 5.75 Å². The van der Waals surface area contributed by atoms with E-state index in [9.17, 15) is 14.9 Å². The third-order valence-corrected chi connectivity index (χ3v) is 3.53. The SMILES string of the molecule is Cc1ccc(NC(=O)COc2ccc([N+](=O)[O-])c(C)c2)cc1C. The first-order valence-electron chi connectivity index (χ1n) is 7.12. The van der Waals surface area contributed by atoms with Crippen LogP contribution in [0.2, 0.25) is 0 Å².